The molecule has 0 spiro atoms. The number of anilines is 3. The summed E-state index contributed by atoms with van der Waals surface area (Å²) in [6.45, 7) is 1.83. The summed E-state index contributed by atoms with van der Waals surface area (Å²) in [6, 6.07) is 13.9. The van der Waals surface area contributed by atoms with E-state index in [0.717, 1.165) is 71.6 Å². The van der Waals surface area contributed by atoms with Crippen molar-refractivity contribution >= 4 is 51.3 Å². The Morgan fingerprint density at radius 3 is 2.49 bits per heavy atom. The van der Waals surface area contributed by atoms with Crippen LogP contribution in [0.15, 0.2) is 54.9 Å². The molecule has 6 rings (SSSR count). The highest BCUT2D eigenvalue weighted by Gasteiger charge is 2.24. The third-order valence-corrected chi connectivity index (χ3v) is 7.88. The summed E-state index contributed by atoms with van der Waals surface area (Å²) in [5.41, 5.74) is 12.0. The van der Waals surface area contributed by atoms with Gasteiger partial charge in [0.15, 0.2) is 5.75 Å². The Labute approximate surface area is 226 Å². The molecule has 2 fully saturated rings. The zero-order valence-electron chi connectivity index (χ0n) is 20.4. The van der Waals surface area contributed by atoms with Crippen molar-refractivity contribution in [3.63, 3.8) is 0 Å². The first-order chi connectivity index (χ1) is 17.9. The lowest BCUT2D eigenvalue weighted by Gasteiger charge is -2.31. The molecule has 2 aliphatic rings. The summed E-state index contributed by atoms with van der Waals surface area (Å²) < 4.78 is 0. The molecule has 2 aromatic heterocycles. The fourth-order valence-electron chi connectivity index (χ4n) is 5.09. The van der Waals surface area contributed by atoms with E-state index in [4.69, 9.17) is 38.9 Å². The van der Waals surface area contributed by atoms with Crippen molar-refractivity contribution in [2.45, 2.75) is 38.1 Å². The van der Waals surface area contributed by atoms with Crippen LogP contribution in [0.5, 0.6) is 5.75 Å². The highest BCUT2D eigenvalue weighted by molar-refractivity contribution is 6.37. The zero-order chi connectivity index (χ0) is 25.5. The Bertz CT molecular complexity index is 1430. The third kappa shape index (κ3) is 5.19. The number of nitrogens with zero attached hydrogens (tertiary/aromatic N) is 3. The van der Waals surface area contributed by atoms with E-state index in [-0.39, 0.29) is 21.8 Å². The predicted molar refractivity (Wildman–Crippen MR) is 152 cm³/mol. The molecule has 6 nitrogen and oxygen atoms in total. The zero-order valence-corrected chi connectivity index (χ0v) is 21.9. The number of nitrogens with two attached hydrogens (primary N) is 1. The van der Waals surface area contributed by atoms with E-state index in [0.29, 0.717) is 5.92 Å². The van der Waals surface area contributed by atoms with Crippen LogP contribution in [0.2, 0.25) is 10.0 Å². The average molecular weight is 534 g/mol. The van der Waals surface area contributed by atoms with Gasteiger partial charge in [-0.2, -0.15) is 0 Å². The van der Waals surface area contributed by atoms with Gasteiger partial charge in [0.25, 0.3) is 0 Å². The minimum Gasteiger partial charge on any atom is -0.505 e. The highest BCUT2D eigenvalue weighted by atomic mass is 35.5. The molecule has 3 heterocycles. The second-order valence-electron chi connectivity index (χ2n) is 10.2. The van der Waals surface area contributed by atoms with Crippen LogP contribution in [-0.4, -0.2) is 34.2 Å². The van der Waals surface area contributed by atoms with Crippen LogP contribution < -0.4 is 16.0 Å². The number of aromatic nitrogens is 2. The van der Waals surface area contributed by atoms with E-state index in [1.807, 2.05) is 24.5 Å². The molecule has 37 heavy (non-hydrogen) atoms. The van der Waals surface area contributed by atoms with Gasteiger partial charge in [-0.3, -0.25) is 4.98 Å². The second kappa shape index (κ2) is 10.0. The van der Waals surface area contributed by atoms with E-state index in [2.05, 4.69) is 28.4 Å². The average Bonchev–Trinajstić information content (AvgIpc) is 3.72. The molecule has 0 radical (unpaired) electrons. The highest BCUT2D eigenvalue weighted by Crippen LogP contribution is 2.40. The molecule has 2 aromatic carbocycles. The number of fused-ring (bicyclic) bond motifs is 1. The van der Waals surface area contributed by atoms with Crippen molar-refractivity contribution in [1.29, 1.82) is 0 Å². The number of pyridine rings is 2. The molecule has 4 aromatic rings. The number of phenols is 1. The van der Waals surface area contributed by atoms with Crippen molar-refractivity contribution < 1.29 is 5.11 Å². The lowest BCUT2D eigenvalue weighted by molar-refractivity contribution is 0.476. The van der Waals surface area contributed by atoms with Gasteiger partial charge in [0.05, 0.1) is 33.1 Å². The first-order valence-electron chi connectivity index (χ1n) is 12.8. The summed E-state index contributed by atoms with van der Waals surface area (Å²) in [6.07, 6.45) is 9.56. The van der Waals surface area contributed by atoms with Gasteiger partial charge in [-0.25, -0.2) is 4.98 Å². The lowest BCUT2D eigenvalue weighted by Crippen LogP contribution is -2.43. The molecule has 0 bridgehead atoms. The quantitative estimate of drug-likeness (QED) is 0.249. The number of halogens is 2. The van der Waals surface area contributed by atoms with Gasteiger partial charge in [0, 0.05) is 30.7 Å². The number of piperidine rings is 1. The van der Waals surface area contributed by atoms with Gasteiger partial charge >= 0.3 is 0 Å². The molecule has 1 aliphatic heterocycles. The van der Waals surface area contributed by atoms with Crippen LogP contribution in [0.4, 0.5) is 17.2 Å². The number of nitrogens with one attached hydrogen (secondary N) is 1. The van der Waals surface area contributed by atoms with Crippen LogP contribution >= 0.6 is 23.2 Å². The molecule has 190 valence electrons. The standard InChI is InChI=1S/C29H29Cl2N5O/c30-24-12-19(13-25(31)29(24)37)18-5-7-26-23(11-18)28(20(14-33-26)10-17-3-4-17)35-22-6-8-27(34-15-22)36-9-1-2-21(32)16-36/h5-8,11-15,17,21,37H,1-4,9-10,16,32H2,(H,33,35). The first kappa shape index (κ1) is 24.3. The maximum atomic E-state index is 10.0. The Kier molecular flexibility index (Phi) is 6.57. The van der Waals surface area contributed by atoms with Gasteiger partial charge in [0.1, 0.15) is 5.82 Å². The van der Waals surface area contributed by atoms with Crippen LogP contribution in [0.3, 0.4) is 0 Å². The minimum atomic E-state index is -0.105. The first-order valence-corrected chi connectivity index (χ1v) is 13.5. The van der Waals surface area contributed by atoms with E-state index in [1.54, 1.807) is 12.1 Å². The van der Waals surface area contributed by atoms with Gasteiger partial charge in [-0.15, -0.1) is 0 Å². The fourth-order valence-corrected chi connectivity index (χ4v) is 5.58. The van der Waals surface area contributed by atoms with Gasteiger partial charge in [-0.1, -0.05) is 29.3 Å². The molecule has 1 atom stereocenters. The summed E-state index contributed by atoms with van der Waals surface area (Å²) in [7, 11) is 0. The van der Waals surface area contributed by atoms with Crippen LogP contribution in [0, 0.1) is 5.92 Å². The van der Waals surface area contributed by atoms with E-state index >= 15 is 0 Å². The smallest absolute Gasteiger partial charge is 0.152 e. The second-order valence-corrected chi connectivity index (χ2v) is 11.0. The number of hydrogen-bond acceptors (Lipinski definition) is 6. The van der Waals surface area contributed by atoms with Crippen molar-refractivity contribution in [2.75, 3.05) is 23.3 Å². The lowest BCUT2D eigenvalue weighted by atomic mass is 9.99. The van der Waals surface area contributed by atoms with Crippen molar-refractivity contribution in [1.82, 2.24) is 9.97 Å². The number of hydrogen-bond donors (Lipinski definition) is 3. The van der Waals surface area contributed by atoms with Gasteiger partial charge < -0.3 is 21.1 Å². The van der Waals surface area contributed by atoms with E-state index in [1.165, 1.54) is 18.4 Å². The van der Waals surface area contributed by atoms with Crippen molar-refractivity contribution in [2.24, 2.45) is 11.7 Å². The molecule has 8 heteroatoms. The van der Waals surface area contributed by atoms with Gasteiger partial charge in [-0.05, 0) is 91.1 Å². The Morgan fingerprint density at radius 1 is 0.973 bits per heavy atom. The number of benzene rings is 2. The Hall–Kier alpha value is -3.06. The minimum absolute atomic E-state index is 0.105. The molecule has 0 amide bonds. The van der Waals surface area contributed by atoms with Crippen LogP contribution in [0.25, 0.3) is 22.0 Å². The molecular weight excluding hydrogens is 505 g/mol. The maximum absolute atomic E-state index is 10.0. The van der Waals surface area contributed by atoms with Crippen LogP contribution in [0.1, 0.15) is 31.2 Å². The number of rotatable bonds is 6. The van der Waals surface area contributed by atoms with E-state index < -0.39 is 0 Å². The van der Waals surface area contributed by atoms with Gasteiger partial charge in [0.2, 0.25) is 0 Å². The molecule has 1 aliphatic carbocycles. The van der Waals surface area contributed by atoms with Crippen LogP contribution in [-0.2, 0) is 6.42 Å². The molecule has 4 N–H and O–H groups in total. The fraction of sp³-hybridized carbons (Fsp3) is 0.310. The van der Waals surface area contributed by atoms with E-state index in [9.17, 15) is 5.11 Å². The summed E-state index contributed by atoms with van der Waals surface area (Å²) in [5.74, 6) is 1.56. The molecular formula is C29H29Cl2N5O. The molecule has 1 unspecified atom stereocenters. The Morgan fingerprint density at radius 2 is 1.78 bits per heavy atom. The predicted octanol–water partition coefficient (Wildman–Crippen LogP) is 6.93. The summed E-state index contributed by atoms with van der Waals surface area (Å²) in [5, 5.41) is 15.1. The number of phenolic OH excluding ortho intramolecular Hbond substituents is 1. The third-order valence-electron chi connectivity index (χ3n) is 7.30. The molecule has 1 saturated heterocycles. The largest absolute Gasteiger partial charge is 0.505 e. The van der Waals surface area contributed by atoms with Crippen molar-refractivity contribution in [3.8, 4) is 16.9 Å². The normalized spacial score (nSPS) is 17.8. The number of aromatic hydroxyl groups is 1. The summed E-state index contributed by atoms with van der Waals surface area (Å²) >= 11 is 12.4. The van der Waals surface area contributed by atoms with Crippen molar-refractivity contribution in [3.05, 3.63) is 70.5 Å². The SMILES string of the molecule is NC1CCCN(c2ccc(Nc3c(CC4CC4)cnc4ccc(-c5cc(Cl)c(O)c(Cl)c5)cc34)cn2)C1. The molecule has 1 saturated carbocycles. The Balaban J connectivity index is 1.37. The topological polar surface area (TPSA) is 87.3 Å². The monoisotopic (exact) mass is 533 g/mol. The summed E-state index contributed by atoms with van der Waals surface area (Å²) in [4.78, 5) is 11.8. The maximum Gasteiger partial charge on any atom is 0.152 e.